The maximum absolute atomic E-state index is 5.25. The van der Waals surface area contributed by atoms with E-state index in [9.17, 15) is 0 Å². The van der Waals surface area contributed by atoms with Gasteiger partial charge in [-0.05, 0) is 5.56 Å². The molecule has 0 fully saturated rings. The van der Waals surface area contributed by atoms with E-state index in [-0.39, 0.29) is 18.6 Å². The van der Waals surface area contributed by atoms with Crippen molar-refractivity contribution in [1.82, 2.24) is 4.98 Å². The summed E-state index contributed by atoms with van der Waals surface area (Å²) in [6, 6.07) is 18.4. The average Bonchev–Trinajstić information content (AvgIpc) is 3.01. The molecule has 0 saturated heterocycles. The van der Waals surface area contributed by atoms with Crippen LogP contribution in [-0.4, -0.2) is 4.98 Å². The van der Waals surface area contributed by atoms with Crippen molar-refractivity contribution in [3.63, 3.8) is 0 Å². The Morgan fingerprint density at radius 2 is 1.52 bits per heavy atom. The third kappa shape index (κ3) is 4.27. The van der Waals surface area contributed by atoms with Gasteiger partial charge in [-0.2, -0.15) is 24.6 Å². The third-order valence-corrected chi connectivity index (χ3v) is 3.67. The van der Waals surface area contributed by atoms with E-state index in [1.54, 1.807) is 11.3 Å². The molecule has 1 heterocycles. The van der Waals surface area contributed by atoms with Crippen molar-refractivity contribution in [3.05, 3.63) is 78.9 Å². The van der Waals surface area contributed by atoms with Crippen LogP contribution < -0.4 is 0 Å². The normalized spacial score (nSPS) is 9.05. The van der Waals surface area contributed by atoms with Gasteiger partial charge < -0.3 is 12.8 Å². The fraction of sp³-hybridized carbons (Fsp3) is 0. The number of hydrogen-bond acceptors (Lipinski definition) is 2. The van der Waals surface area contributed by atoms with Crippen LogP contribution in [0.5, 0.6) is 0 Å². The van der Waals surface area contributed by atoms with Gasteiger partial charge in [0.1, 0.15) is 5.01 Å². The van der Waals surface area contributed by atoms with Crippen molar-refractivity contribution >= 4 is 11.3 Å². The molecule has 0 aliphatic heterocycles. The molecule has 0 bridgehead atoms. The Hall–Kier alpha value is -1.92. The number of aromatic nitrogens is 1. The van der Waals surface area contributed by atoms with Crippen molar-refractivity contribution < 1.29 is 18.6 Å². The fourth-order valence-corrected chi connectivity index (χ4v) is 2.63. The molecule has 3 rings (SSSR count). The van der Waals surface area contributed by atoms with E-state index in [0.717, 1.165) is 21.8 Å². The van der Waals surface area contributed by atoms with Crippen molar-refractivity contribution in [3.8, 4) is 28.3 Å². The molecule has 1 aromatic heterocycles. The van der Waals surface area contributed by atoms with Crippen LogP contribution in [0.3, 0.4) is 0 Å². The Balaban J connectivity index is 0.000000706. The Morgan fingerprint density at radius 3 is 2.14 bits per heavy atom. The largest absolute Gasteiger partial charge is 2.00 e. The second-order valence-electron chi connectivity index (χ2n) is 4.10. The van der Waals surface area contributed by atoms with Crippen LogP contribution in [-0.2, 0) is 18.6 Å². The molecule has 1 radical (unpaired) electrons. The van der Waals surface area contributed by atoms with E-state index in [1.165, 1.54) is 5.56 Å². The van der Waals surface area contributed by atoms with Gasteiger partial charge in [0.2, 0.25) is 0 Å². The molecule has 101 valence electrons. The van der Waals surface area contributed by atoms with Crippen LogP contribution in [0.15, 0.2) is 60.0 Å². The predicted octanol–water partition coefficient (Wildman–Crippen LogP) is 4.86. The summed E-state index contributed by atoms with van der Waals surface area (Å²) in [5.41, 5.74) is 4.36. The number of benzene rings is 2. The van der Waals surface area contributed by atoms with Crippen molar-refractivity contribution in [2.45, 2.75) is 0 Å². The third-order valence-electron chi connectivity index (χ3n) is 2.77. The molecule has 3 aromatic rings. The zero-order chi connectivity index (χ0) is 14.4. The van der Waals surface area contributed by atoms with Gasteiger partial charge in [-0.15, -0.1) is 23.5 Å². The van der Waals surface area contributed by atoms with E-state index in [0.29, 0.717) is 0 Å². The molecule has 21 heavy (non-hydrogen) atoms. The SMILES string of the molecule is [C-]#C.[CH2-]c1ccc(-c2csc(-c3ccccc3)n2)cc1.[V+2]. The molecule has 0 amide bonds. The summed E-state index contributed by atoms with van der Waals surface area (Å²) in [6.45, 7) is 3.89. The second-order valence-corrected chi connectivity index (χ2v) is 4.96. The molecule has 0 unspecified atom stereocenters. The molecule has 2 aromatic carbocycles. The first-order valence-electron chi connectivity index (χ1n) is 6.05. The standard InChI is InChI=1S/C16H12NS.C2H.V/c1-12-7-9-13(10-8-12)15-11-18-16(17-15)14-5-3-2-4-6-14;1-2;/h2-11H,1H2;1H;/q2*-1;+2. The smallest absolute Gasteiger partial charge is 0.697 e. The first kappa shape index (κ1) is 17.1. The van der Waals surface area contributed by atoms with E-state index >= 15 is 0 Å². The summed E-state index contributed by atoms with van der Waals surface area (Å²) in [5, 5.41) is 3.16. The first-order valence-corrected chi connectivity index (χ1v) is 6.93. The second kappa shape index (κ2) is 8.39. The first-order chi connectivity index (χ1) is 9.83. The van der Waals surface area contributed by atoms with Crippen LogP contribution in [0, 0.1) is 19.8 Å². The Morgan fingerprint density at radius 1 is 0.905 bits per heavy atom. The van der Waals surface area contributed by atoms with E-state index in [4.69, 9.17) is 6.42 Å². The van der Waals surface area contributed by atoms with Crippen molar-refractivity contribution in [2.75, 3.05) is 0 Å². The van der Waals surface area contributed by atoms with Gasteiger partial charge in [0.15, 0.2) is 0 Å². The van der Waals surface area contributed by atoms with Crippen LogP contribution in [0.4, 0.5) is 0 Å². The summed E-state index contributed by atoms with van der Waals surface area (Å²) in [5.74, 6) is 0. The van der Waals surface area contributed by atoms with Crippen molar-refractivity contribution in [2.24, 2.45) is 0 Å². The van der Waals surface area contributed by atoms with Gasteiger partial charge in [0.05, 0.1) is 5.69 Å². The summed E-state index contributed by atoms with van der Waals surface area (Å²) in [4.78, 5) is 4.68. The topological polar surface area (TPSA) is 12.9 Å². The van der Waals surface area contributed by atoms with Crippen LogP contribution in [0.2, 0.25) is 0 Å². The molecule has 0 aliphatic carbocycles. The predicted molar refractivity (Wildman–Crippen MR) is 85.6 cm³/mol. The van der Waals surface area contributed by atoms with Gasteiger partial charge in [-0.25, -0.2) is 4.98 Å². The van der Waals surface area contributed by atoms with Crippen molar-refractivity contribution in [1.29, 1.82) is 0 Å². The maximum Gasteiger partial charge on any atom is 2.00 e. The minimum absolute atomic E-state index is 0. The molecular formula is C18H13NSV. The van der Waals surface area contributed by atoms with Gasteiger partial charge in [-0.3, -0.25) is 0 Å². The Kier molecular flexibility index (Phi) is 6.85. The molecule has 0 saturated carbocycles. The molecule has 1 nitrogen and oxygen atoms in total. The fourth-order valence-electron chi connectivity index (χ4n) is 1.80. The number of terminal acetylenes is 1. The summed E-state index contributed by atoms with van der Waals surface area (Å²) in [6.07, 6.45) is 9.00. The molecule has 0 aliphatic rings. The van der Waals surface area contributed by atoms with Gasteiger partial charge in [0, 0.05) is 10.9 Å². The summed E-state index contributed by atoms with van der Waals surface area (Å²) < 4.78 is 0. The minimum Gasteiger partial charge on any atom is -0.697 e. The van der Waals surface area contributed by atoms with Crippen LogP contribution in [0.25, 0.3) is 21.8 Å². The Bertz CT molecular complexity index is 684. The van der Waals surface area contributed by atoms with Crippen LogP contribution >= 0.6 is 11.3 Å². The number of nitrogens with zero attached hydrogens (tertiary/aromatic N) is 1. The maximum atomic E-state index is 5.25. The van der Waals surface area contributed by atoms with Gasteiger partial charge in [-0.1, -0.05) is 30.3 Å². The molecule has 0 spiro atoms. The van der Waals surface area contributed by atoms with Gasteiger partial charge >= 0.3 is 18.6 Å². The van der Waals surface area contributed by atoms with E-state index < -0.39 is 0 Å². The molecule has 3 heteroatoms. The average molecular weight is 326 g/mol. The quantitative estimate of drug-likeness (QED) is 0.484. The molecular weight excluding hydrogens is 313 g/mol. The number of thiazole rings is 1. The van der Waals surface area contributed by atoms with E-state index in [2.05, 4.69) is 48.0 Å². The summed E-state index contributed by atoms with van der Waals surface area (Å²) >= 11 is 1.67. The zero-order valence-corrected chi connectivity index (χ0v) is 13.6. The monoisotopic (exact) mass is 326 g/mol. The Labute approximate surface area is 142 Å². The molecule has 0 N–H and O–H groups in total. The van der Waals surface area contributed by atoms with E-state index in [1.807, 2.05) is 30.3 Å². The molecule has 0 atom stereocenters. The summed E-state index contributed by atoms with van der Waals surface area (Å²) in [7, 11) is 0. The van der Waals surface area contributed by atoms with Gasteiger partial charge in [0.25, 0.3) is 0 Å². The van der Waals surface area contributed by atoms with Crippen LogP contribution in [0.1, 0.15) is 5.56 Å². The number of hydrogen-bond donors (Lipinski definition) is 0. The minimum atomic E-state index is 0. The zero-order valence-electron chi connectivity index (χ0n) is 11.4. The number of rotatable bonds is 2.